The summed E-state index contributed by atoms with van der Waals surface area (Å²) in [6, 6.07) is 9.47. The molecule has 2 aromatic carbocycles. The Morgan fingerprint density at radius 2 is 2.12 bits per heavy atom. The van der Waals surface area contributed by atoms with Crippen LogP contribution in [0.25, 0.3) is 0 Å². The summed E-state index contributed by atoms with van der Waals surface area (Å²) in [7, 11) is 0. The second-order valence-corrected chi connectivity index (χ2v) is 7.34. The molecule has 0 aliphatic carbocycles. The predicted molar refractivity (Wildman–Crippen MR) is 94.5 cm³/mol. The molecule has 6 heteroatoms. The van der Waals surface area contributed by atoms with E-state index in [1.165, 1.54) is 6.07 Å². The monoisotopic (exact) mass is 392 g/mol. The average molecular weight is 393 g/mol. The van der Waals surface area contributed by atoms with Crippen LogP contribution in [-0.4, -0.2) is 11.5 Å². The van der Waals surface area contributed by atoms with Gasteiger partial charge in [-0.25, -0.2) is 4.39 Å². The molecule has 2 aromatic rings. The Bertz CT molecular complexity index is 787. The minimum absolute atomic E-state index is 0.00717. The molecular formula is C18H18BrFN2O2. The van der Waals surface area contributed by atoms with Crippen LogP contribution in [0.1, 0.15) is 42.2 Å². The molecule has 1 aliphatic heterocycles. The summed E-state index contributed by atoms with van der Waals surface area (Å²) in [6.07, 6.45) is 0.557. The molecule has 126 valence electrons. The van der Waals surface area contributed by atoms with Crippen LogP contribution < -0.4 is 15.8 Å². The third-order valence-electron chi connectivity index (χ3n) is 3.99. The van der Waals surface area contributed by atoms with Crippen molar-refractivity contribution >= 4 is 27.5 Å². The van der Waals surface area contributed by atoms with Gasteiger partial charge >= 0.3 is 0 Å². The molecule has 1 unspecified atom stereocenters. The third kappa shape index (κ3) is 3.24. The molecule has 1 aliphatic rings. The van der Waals surface area contributed by atoms with Crippen molar-refractivity contribution in [1.82, 2.24) is 5.32 Å². The van der Waals surface area contributed by atoms with Crippen LogP contribution in [0.4, 0.5) is 10.1 Å². The van der Waals surface area contributed by atoms with Gasteiger partial charge in [0.05, 0.1) is 11.6 Å². The van der Waals surface area contributed by atoms with Gasteiger partial charge in [-0.3, -0.25) is 4.79 Å². The topological polar surface area (TPSA) is 64.4 Å². The Morgan fingerprint density at radius 3 is 2.83 bits per heavy atom. The summed E-state index contributed by atoms with van der Waals surface area (Å²) in [5.74, 6) is -0.365. The molecule has 1 atom stereocenters. The van der Waals surface area contributed by atoms with Crippen molar-refractivity contribution in [2.24, 2.45) is 0 Å². The maximum absolute atomic E-state index is 14.0. The number of benzene rings is 2. The van der Waals surface area contributed by atoms with Crippen molar-refractivity contribution in [2.45, 2.75) is 31.9 Å². The van der Waals surface area contributed by atoms with Crippen molar-refractivity contribution in [3.8, 4) is 5.75 Å². The number of halogens is 2. The first kappa shape index (κ1) is 16.8. The first-order chi connectivity index (χ1) is 11.3. The predicted octanol–water partition coefficient (Wildman–Crippen LogP) is 4.20. The molecule has 1 amide bonds. The number of ether oxygens (including phenoxy) is 1. The molecule has 4 nitrogen and oxygen atoms in total. The molecule has 24 heavy (non-hydrogen) atoms. The highest BCUT2D eigenvalue weighted by molar-refractivity contribution is 9.10. The van der Waals surface area contributed by atoms with Crippen molar-refractivity contribution < 1.29 is 13.9 Å². The summed E-state index contributed by atoms with van der Waals surface area (Å²) < 4.78 is 20.4. The quantitative estimate of drug-likeness (QED) is 0.752. The Labute approximate surface area is 148 Å². The first-order valence-electron chi connectivity index (χ1n) is 7.60. The van der Waals surface area contributed by atoms with Gasteiger partial charge in [-0.2, -0.15) is 0 Å². The van der Waals surface area contributed by atoms with E-state index >= 15 is 0 Å². The van der Waals surface area contributed by atoms with Gasteiger partial charge in [0, 0.05) is 22.1 Å². The molecule has 0 saturated heterocycles. The first-order valence-corrected chi connectivity index (χ1v) is 8.39. The number of rotatable bonds is 2. The molecular weight excluding hydrogens is 375 g/mol. The van der Waals surface area contributed by atoms with Crippen LogP contribution in [0, 0.1) is 5.82 Å². The van der Waals surface area contributed by atoms with Crippen LogP contribution in [0.3, 0.4) is 0 Å². The molecule has 0 aromatic heterocycles. The van der Waals surface area contributed by atoms with Gasteiger partial charge in [-0.05, 0) is 60.1 Å². The highest BCUT2D eigenvalue weighted by Gasteiger charge is 2.35. The summed E-state index contributed by atoms with van der Waals surface area (Å²) in [5, 5.41) is 2.91. The van der Waals surface area contributed by atoms with Crippen LogP contribution >= 0.6 is 15.9 Å². The van der Waals surface area contributed by atoms with Gasteiger partial charge in [0.15, 0.2) is 0 Å². The number of amides is 1. The number of carbonyl (C=O) groups excluding carboxylic acids is 1. The van der Waals surface area contributed by atoms with Crippen molar-refractivity contribution in [3.63, 3.8) is 0 Å². The summed E-state index contributed by atoms with van der Waals surface area (Å²) >= 11 is 3.23. The molecule has 3 N–H and O–H groups in total. The number of hydrogen-bond acceptors (Lipinski definition) is 3. The van der Waals surface area contributed by atoms with E-state index in [9.17, 15) is 9.18 Å². The fourth-order valence-electron chi connectivity index (χ4n) is 2.95. The Hall–Kier alpha value is -2.08. The maximum atomic E-state index is 14.0. The van der Waals surface area contributed by atoms with E-state index in [2.05, 4.69) is 21.2 Å². The highest BCUT2D eigenvalue weighted by Crippen LogP contribution is 2.40. The van der Waals surface area contributed by atoms with E-state index in [1.54, 1.807) is 30.3 Å². The largest absolute Gasteiger partial charge is 0.487 e. The Balaban J connectivity index is 1.95. The molecule has 0 bridgehead atoms. The Morgan fingerprint density at radius 1 is 1.38 bits per heavy atom. The number of nitrogen functional groups attached to an aromatic ring is 1. The average Bonchev–Trinajstić information content (AvgIpc) is 2.47. The number of nitrogens with two attached hydrogens (primary N) is 1. The number of hydrogen-bond donors (Lipinski definition) is 2. The standard InChI is InChI=1S/C18H18BrFN2O2/c1-18(2)9-14(11-8-10(21)6-7-15(11)24-18)22-17(23)16-12(19)4-3-5-13(16)20/h3-8,14H,9,21H2,1-2H3,(H,22,23). The minimum atomic E-state index is -0.569. The van der Waals surface area contributed by atoms with Gasteiger partial charge in [0.25, 0.3) is 5.91 Å². The van der Waals surface area contributed by atoms with Crippen molar-refractivity contribution in [3.05, 3.63) is 57.8 Å². The van der Waals surface area contributed by atoms with Crippen molar-refractivity contribution in [1.29, 1.82) is 0 Å². The Kier molecular flexibility index (Phi) is 4.25. The third-order valence-corrected chi connectivity index (χ3v) is 4.65. The molecule has 0 saturated carbocycles. The van der Waals surface area contributed by atoms with Gasteiger partial charge in [-0.15, -0.1) is 0 Å². The number of anilines is 1. The van der Waals surface area contributed by atoms with Crippen LogP contribution in [0.2, 0.25) is 0 Å². The smallest absolute Gasteiger partial charge is 0.255 e. The lowest BCUT2D eigenvalue weighted by Crippen LogP contribution is -2.41. The number of fused-ring (bicyclic) bond motifs is 1. The lowest BCUT2D eigenvalue weighted by Gasteiger charge is -2.38. The summed E-state index contributed by atoms with van der Waals surface area (Å²) in [6.45, 7) is 3.90. The van der Waals surface area contributed by atoms with Gasteiger partial charge < -0.3 is 15.8 Å². The fraction of sp³-hybridized carbons (Fsp3) is 0.278. The summed E-state index contributed by atoms with van der Waals surface area (Å²) in [5.41, 5.74) is 6.80. The second kappa shape index (κ2) is 6.09. The molecule has 0 fully saturated rings. The van der Waals surface area contributed by atoms with Crippen LogP contribution in [0.5, 0.6) is 5.75 Å². The van der Waals surface area contributed by atoms with E-state index in [0.29, 0.717) is 22.3 Å². The number of carbonyl (C=O) groups is 1. The van der Waals surface area contributed by atoms with E-state index in [-0.39, 0.29) is 11.6 Å². The van der Waals surface area contributed by atoms with E-state index < -0.39 is 17.3 Å². The lowest BCUT2D eigenvalue weighted by atomic mass is 9.89. The lowest BCUT2D eigenvalue weighted by molar-refractivity contribution is 0.0619. The van der Waals surface area contributed by atoms with Crippen molar-refractivity contribution in [2.75, 3.05) is 5.73 Å². The summed E-state index contributed by atoms with van der Waals surface area (Å²) in [4.78, 5) is 12.6. The molecule has 1 heterocycles. The molecule has 3 rings (SSSR count). The van der Waals surface area contributed by atoms with E-state index in [0.717, 1.165) is 5.56 Å². The zero-order valence-electron chi connectivity index (χ0n) is 13.4. The fourth-order valence-corrected chi connectivity index (χ4v) is 3.47. The van der Waals surface area contributed by atoms with Gasteiger partial charge in [0.1, 0.15) is 17.2 Å². The zero-order chi connectivity index (χ0) is 17.5. The molecule has 0 spiro atoms. The van der Waals surface area contributed by atoms with E-state index in [4.69, 9.17) is 10.5 Å². The SMILES string of the molecule is CC1(C)CC(NC(=O)c2c(F)cccc2Br)c2cc(N)ccc2O1. The van der Waals surface area contributed by atoms with Crippen LogP contribution in [0.15, 0.2) is 40.9 Å². The van der Waals surface area contributed by atoms with Gasteiger partial charge in [0.2, 0.25) is 0 Å². The number of nitrogens with one attached hydrogen (secondary N) is 1. The minimum Gasteiger partial charge on any atom is -0.487 e. The highest BCUT2D eigenvalue weighted by atomic mass is 79.9. The normalized spacial score (nSPS) is 18.4. The van der Waals surface area contributed by atoms with Gasteiger partial charge in [-0.1, -0.05) is 6.07 Å². The zero-order valence-corrected chi connectivity index (χ0v) is 15.0. The maximum Gasteiger partial charge on any atom is 0.255 e. The van der Waals surface area contributed by atoms with Crippen LogP contribution in [-0.2, 0) is 0 Å². The van der Waals surface area contributed by atoms with E-state index in [1.807, 2.05) is 13.8 Å². The second-order valence-electron chi connectivity index (χ2n) is 6.49. The molecule has 0 radical (unpaired) electrons.